The summed E-state index contributed by atoms with van der Waals surface area (Å²) in [6, 6.07) is 9.93. The normalized spacial score (nSPS) is 31.6. The molecule has 0 bridgehead atoms. The average Bonchev–Trinajstić information content (AvgIpc) is 2.90. The highest BCUT2D eigenvalue weighted by Gasteiger charge is 2.45. The molecule has 2 heterocycles. The second kappa shape index (κ2) is 5.75. The minimum Gasteiger partial charge on any atom is -0.379 e. The molecule has 3 rings (SSSR count). The third kappa shape index (κ3) is 2.87. The van der Waals surface area contributed by atoms with Gasteiger partial charge in [-0.25, -0.2) is 0 Å². The molecule has 1 fully saturated rings. The fourth-order valence-electron chi connectivity index (χ4n) is 3.60. The number of rotatable bonds is 2. The van der Waals surface area contributed by atoms with Crippen molar-refractivity contribution >= 4 is 11.6 Å². The van der Waals surface area contributed by atoms with Gasteiger partial charge in [-0.15, -0.1) is 0 Å². The van der Waals surface area contributed by atoms with Gasteiger partial charge in [0.2, 0.25) is 5.60 Å². The Labute approximate surface area is 132 Å². The van der Waals surface area contributed by atoms with Crippen molar-refractivity contribution < 1.29 is 9.63 Å². The summed E-state index contributed by atoms with van der Waals surface area (Å²) in [4.78, 5) is 20.5. The molecule has 4 heteroatoms. The van der Waals surface area contributed by atoms with Gasteiger partial charge < -0.3 is 9.74 Å². The standard InChI is InChI=1S/C18H24N2O2/c1-13-9-14(2)12-20(11-13)17(21)18(3)10-16(19-22-18)15-7-5-4-6-8-15/h4-8,13-14H,9-12H2,1-3H3/t13-,14+,18-/m0/s1. The summed E-state index contributed by atoms with van der Waals surface area (Å²) >= 11 is 0. The molecule has 0 unspecified atom stereocenters. The van der Waals surface area contributed by atoms with Gasteiger partial charge in [0.1, 0.15) is 0 Å². The largest absolute Gasteiger partial charge is 0.379 e. The molecular weight excluding hydrogens is 276 g/mol. The van der Waals surface area contributed by atoms with Gasteiger partial charge in [0.25, 0.3) is 5.91 Å². The van der Waals surface area contributed by atoms with Crippen molar-refractivity contribution in [3.8, 4) is 0 Å². The number of benzene rings is 1. The van der Waals surface area contributed by atoms with Crippen LogP contribution in [0.2, 0.25) is 0 Å². The average molecular weight is 300 g/mol. The predicted octanol–water partition coefficient (Wildman–Crippen LogP) is 3.07. The Hall–Kier alpha value is -1.84. The topological polar surface area (TPSA) is 41.9 Å². The summed E-state index contributed by atoms with van der Waals surface area (Å²) in [5, 5.41) is 4.18. The fourth-order valence-corrected chi connectivity index (χ4v) is 3.60. The lowest BCUT2D eigenvalue weighted by molar-refractivity contribution is -0.156. The van der Waals surface area contributed by atoms with Crippen LogP contribution in [0.4, 0.5) is 0 Å². The van der Waals surface area contributed by atoms with E-state index in [9.17, 15) is 4.79 Å². The van der Waals surface area contributed by atoms with Crippen LogP contribution in [0, 0.1) is 11.8 Å². The van der Waals surface area contributed by atoms with Crippen molar-refractivity contribution in [2.75, 3.05) is 13.1 Å². The maximum atomic E-state index is 12.9. The molecule has 0 aromatic heterocycles. The van der Waals surface area contributed by atoms with Crippen LogP contribution in [0.15, 0.2) is 35.5 Å². The molecule has 1 aromatic carbocycles. The minimum atomic E-state index is -0.859. The third-order valence-corrected chi connectivity index (χ3v) is 4.58. The van der Waals surface area contributed by atoms with Gasteiger partial charge in [-0.3, -0.25) is 4.79 Å². The van der Waals surface area contributed by atoms with Crippen molar-refractivity contribution in [2.45, 2.75) is 39.2 Å². The molecule has 3 atom stereocenters. The maximum absolute atomic E-state index is 12.9. The van der Waals surface area contributed by atoms with E-state index >= 15 is 0 Å². The van der Waals surface area contributed by atoms with Crippen molar-refractivity contribution in [1.29, 1.82) is 0 Å². The fraction of sp³-hybridized carbons (Fsp3) is 0.556. The summed E-state index contributed by atoms with van der Waals surface area (Å²) < 4.78 is 0. The lowest BCUT2D eigenvalue weighted by atomic mass is 9.89. The Kier molecular flexibility index (Phi) is 3.94. The second-order valence-electron chi connectivity index (χ2n) is 7.06. The van der Waals surface area contributed by atoms with E-state index < -0.39 is 5.60 Å². The van der Waals surface area contributed by atoms with Crippen LogP contribution in [0.25, 0.3) is 0 Å². The van der Waals surface area contributed by atoms with E-state index in [0.29, 0.717) is 18.3 Å². The first-order valence-electron chi connectivity index (χ1n) is 8.08. The van der Waals surface area contributed by atoms with E-state index in [1.165, 1.54) is 6.42 Å². The Morgan fingerprint density at radius 1 is 1.23 bits per heavy atom. The smallest absolute Gasteiger partial charge is 0.269 e. The Morgan fingerprint density at radius 2 is 1.86 bits per heavy atom. The maximum Gasteiger partial charge on any atom is 0.269 e. The molecule has 0 saturated carbocycles. The van der Waals surface area contributed by atoms with E-state index in [0.717, 1.165) is 24.4 Å². The highest BCUT2D eigenvalue weighted by atomic mass is 16.7. The Bertz CT molecular complexity index is 574. The van der Waals surface area contributed by atoms with Crippen molar-refractivity contribution in [2.24, 2.45) is 17.0 Å². The second-order valence-corrected chi connectivity index (χ2v) is 7.06. The van der Waals surface area contributed by atoms with Crippen molar-refractivity contribution in [3.05, 3.63) is 35.9 Å². The van der Waals surface area contributed by atoms with Gasteiger partial charge in [-0.2, -0.15) is 0 Å². The zero-order valence-electron chi connectivity index (χ0n) is 13.6. The summed E-state index contributed by atoms with van der Waals surface area (Å²) in [5.41, 5.74) is 1.02. The van der Waals surface area contributed by atoms with Crippen LogP contribution >= 0.6 is 0 Å². The summed E-state index contributed by atoms with van der Waals surface area (Å²) in [5.74, 6) is 1.17. The van der Waals surface area contributed by atoms with E-state index in [4.69, 9.17) is 4.84 Å². The van der Waals surface area contributed by atoms with Crippen LogP contribution in [-0.2, 0) is 9.63 Å². The molecule has 1 saturated heterocycles. The van der Waals surface area contributed by atoms with E-state index in [-0.39, 0.29) is 5.91 Å². The predicted molar refractivity (Wildman–Crippen MR) is 86.6 cm³/mol. The molecule has 1 aromatic rings. The monoisotopic (exact) mass is 300 g/mol. The van der Waals surface area contributed by atoms with E-state index in [2.05, 4.69) is 19.0 Å². The van der Waals surface area contributed by atoms with Gasteiger partial charge in [-0.05, 0) is 30.7 Å². The molecule has 0 radical (unpaired) electrons. The quantitative estimate of drug-likeness (QED) is 0.842. The Morgan fingerprint density at radius 3 is 2.50 bits per heavy atom. The Balaban J connectivity index is 1.71. The highest BCUT2D eigenvalue weighted by Crippen LogP contribution is 2.31. The third-order valence-electron chi connectivity index (χ3n) is 4.58. The van der Waals surface area contributed by atoms with Crippen LogP contribution < -0.4 is 0 Å². The number of hydrogen-bond donors (Lipinski definition) is 0. The lowest BCUT2D eigenvalue weighted by Crippen LogP contribution is -2.52. The van der Waals surface area contributed by atoms with Crippen LogP contribution in [0.5, 0.6) is 0 Å². The van der Waals surface area contributed by atoms with Gasteiger partial charge in [0.05, 0.1) is 5.71 Å². The van der Waals surface area contributed by atoms with Gasteiger partial charge in [-0.1, -0.05) is 49.3 Å². The summed E-state index contributed by atoms with van der Waals surface area (Å²) in [6.07, 6.45) is 1.72. The number of carbonyl (C=O) groups is 1. The molecule has 0 aliphatic carbocycles. The van der Waals surface area contributed by atoms with E-state index in [1.807, 2.05) is 42.2 Å². The van der Waals surface area contributed by atoms with Crippen LogP contribution in [-0.4, -0.2) is 35.2 Å². The van der Waals surface area contributed by atoms with Gasteiger partial charge in [0.15, 0.2) is 0 Å². The number of oxime groups is 1. The zero-order valence-corrected chi connectivity index (χ0v) is 13.6. The zero-order chi connectivity index (χ0) is 15.7. The summed E-state index contributed by atoms with van der Waals surface area (Å²) in [6.45, 7) is 7.92. The summed E-state index contributed by atoms with van der Waals surface area (Å²) in [7, 11) is 0. The highest BCUT2D eigenvalue weighted by molar-refractivity contribution is 6.05. The molecule has 118 valence electrons. The minimum absolute atomic E-state index is 0.0700. The number of amides is 1. The molecule has 1 amide bonds. The van der Waals surface area contributed by atoms with E-state index in [1.54, 1.807) is 0 Å². The number of likely N-dealkylation sites (tertiary alicyclic amines) is 1. The first-order valence-corrected chi connectivity index (χ1v) is 8.08. The lowest BCUT2D eigenvalue weighted by Gasteiger charge is -2.38. The molecular formula is C18H24N2O2. The van der Waals surface area contributed by atoms with Crippen molar-refractivity contribution in [3.63, 3.8) is 0 Å². The van der Waals surface area contributed by atoms with Gasteiger partial charge >= 0.3 is 0 Å². The molecule has 4 nitrogen and oxygen atoms in total. The first kappa shape index (κ1) is 15.1. The number of carbonyl (C=O) groups excluding carboxylic acids is 1. The van der Waals surface area contributed by atoms with Crippen LogP contribution in [0.3, 0.4) is 0 Å². The molecule has 0 N–H and O–H groups in total. The number of hydrogen-bond acceptors (Lipinski definition) is 3. The first-order chi connectivity index (χ1) is 10.5. The number of piperidine rings is 1. The SMILES string of the molecule is C[C@@H]1C[C@H](C)CN(C(=O)[C@]2(C)CC(c3ccccc3)=NO2)C1. The molecule has 2 aliphatic rings. The van der Waals surface area contributed by atoms with Crippen molar-refractivity contribution in [1.82, 2.24) is 4.90 Å². The van der Waals surface area contributed by atoms with Crippen LogP contribution in [0.1, 0.15) is 39.2 Å². The molecule has 22 heavy (non-hydrogen) atoms. The molecule has 2 aliphatic heterocycles. The number of nitrogens with zero attached hydrogens (tertiary/aromatic N) is 2. The van der Waals surface area contributed by atoms with Gasteiger partial charge in [0, 0.05) is 19.5 Å². The molecule has 0 spiro atoms.